The summed E-state index contributed by atoms with van der Waals surface area (Å²) in [7, 11) is 0. The maximum Gasteiger partial charge on any atom is 0.407 e. The first-order chi connectivity index (χ1) is 8.43. The van der Waals surface area contributed by atoms with E-state index in [1.807, 2.05) is 0 Å². The van der Waals surface area contributed by atoms with Crippen molar-refractivity contribution < 1.29 is 13.2 Å². The van der Waals surface area contributed by atoms with Gasteiger partial charge in [0.15, 0.2) is 0 Å². The Morgan fingerprint density at radius 2 is 1.67 bits per heavy atom. The lowest BCUT2D eigenvalue weighted by Crippen LogP contribution is -2.29. The van der Waals surface area contributed by atoms with Gasteiger partial charge in [-0.3, -0.25) is 0 Å². The molecule has 2 rings (SSSR count). The van der Waals surface area contributed by atoms with Crippen LogP contribution in [0.5, 0.6) is 0 Å². The standard InChI is InChI=1S/C13H9F3N2/c14-13(15,16)12(18)11-6-9-4-2-1-3-8(9)5-10(11)7-17/h1-6,12H,18H2/t12-/m0/s1. The molecular weight excluding hydrogens is 241 g/mol. The molecule has 92 valence electrons. The fraction of sp³-hybridized carbons (Fsp3) is 0.154. The predicted molar refractivity (Wildman–Crippen MR) is 61.6 cm³/mol. The van der Waals surface area contributed by atoms with Crippen molar-refractivity contribution in [3.63, 3.8) is 0 Å². The number of benzene rings is 2. The highest BCUT2D eigenvalue weighted by molar-refractivity contribution is 5.85. The van der Waals surface area contributed by atoms with Crippen LogP contribution >= 0.6 is 0 Å². The molecular formula is C13H9F3N2. The lowest BCUT2D eigenvalue weighted by atomic mass is 9.96. The highest BCUT2D eigenvalue weighted by Crippen LogP contribution is 2.33. The molecule has 0 saturated heterocycles. The van der Waals surface area contributed by atoms with E-state index in [1.54, 1.807) is 30.3 Å². The van der Waals surface area contributed by atoms with Gasteiger partial charge in [-0.1, -0.05) is 24.3 Å². The third-order valence-electron chi connectivity index (χ3n) is 2.73. The first kappa shape index (κ1) is 12.4. The molecule has 0 aliphatic rings. The Morgan fingerprint density at radius 1 is 1.11 bits per heavy atom. The number of fused-ring (bicyclic) bond motifs is 1. The number of hydrogen-bond acceptors (Lipinski definition) is 2. The van der Waals surface area contributed by atoms with Gasteiger partial charge in [0.25, 0.3) is 0 Å². The second-order valence-electron chi connectivity index (χ2n) is 3.92. The summed E-state index contributed by atoms with van der Waals surface area (Å²) in [5.41, 5.74) is 4.93. The molecule has 0 spiro atoms. The summed E-state index contributed by atoms with van der Waals surface area (Å²) in [5, 5.41) is 10.3. The van der Waals surface area contributed by atoms with Crippen molar-refractivity contribution in [1.29, 1.82) is 5.26 Å². The van der Waals surface area contributed by atoms with Gasteiger partial charge in [-0.15, -0.1) is 0 Å². The molecule has 0 heterocycles. The number of nitrogens with zero attached hydrogens (tertiary/aromatic N) is 1. The highest BCUT2D eigenvalue weighted by Gasteiger charge is 2.39. The largest absolute Gasteiger partial charge is 0.407 e. The zero-order chi connectivity index (χ0) is 13.3. The molecule has 2 nitrogen and oxygen atoms in total. The van der Waals surface area contributed by atoms with E-state index < -0.39 is 12.2 Å². The smallest absolute Gasteiger partial charge is 0.316 e. The summed E-state index contributed by atoms with van der Waals surface area (Å²) >= 11 is 0. The zero-order valence-corrected chi connectivity index (χ0v) is 9.20. The molecule has 2 aromatic carbocycles. The molecule has 0 aliphatic carbocycles. The van der Waals surface area contributed by atoms with Crippen LogP contribution in [-0.4, -0.2) is 6.18 Å². The van der Waals surface area contributed by atoms with Gasteiger partial charge in [-0.05, 0) is 28.5 Å². The van der Waals surface area contributed by atoms with Gasteiger partial charge in [-0.2, -0.15) is 18.4 Å². The van der Waals surface area contributed by atoms with Crippen LogP contribution < -0.4 is 5.73 Å². The molecule has 5 heteroatoms. The van der Waals surface area contributed by atoms with E-state index >= 15 is 0 Å². The highest BCUT2D eigenvalue weighted by atomic mass is 19.4. The molecule has 0 fully saturated rings. The molecule has 2 N–H and O–H groups in total. The van der Waals surface area contributed by atoms with Gasteiger partial charge in [0.05, 0.1) is 11.6 Å². The van der Waals surface area contributed by atoms with Gasteiger partial charge >= 0.3 is 6.18 Å². The number of halogens is 3. The lowest BCUT2D eigenvalue weighted by molar-refractivity contribution is -0.149. The summed E-state index contributed by atoms with van der Waals surface area (Å²) in [6.07, 6.45) is -4.56. The third kappa shape index (κ3) is 2.15. The van der Waals surface area contributed by atoms with Gasteiger partial charge in [0, 0.05) is 0 Å². The summed E-state index contributed by atoms with van der Waals surface area (Å²) in [5.74, 6) is 0. The van der Waals surface area contributed by atoms with Crippen LogP contribution in [0, 0.1) is 11.3 Å². The van der Waals surface area contributed by atoms with Crippen molar-refractivity contribution >= 4 is 10.8 Å². The fourth-order valence-corrected chi connectivity index (χ4v) is 1.79. The van der Waals surface area contributed by atoms with E-state index in [1.165, 1.54) is 12.1 Å². The Balaban J connectivity index is 2.67. The van der Waals surface area contributed by atoms with Crippen LogP contribution in [-0.2, 0) is 0 Å². The molecule has 0 saturated carbocycles. The number of rotatable bonds is 1. The van der Waals surface area contributed by atoms with E-state index in [0.717, 1.165) is 0 Å². The minimum atomic E-state index is -4.56. The van der Waals surface area contributed by atoms with E-state index in [-0.39, 0.29) is 11.1 Å². The minimum absolute atomic E-state index is 0.0430. The van der Waals surface area contributed by atoms with E-state index in [4.69, 9.17) is 11.0 Å². The van der Waals surface area contributed by atoms with Gasteiger partial charge in [0.2, 0.25) is 0 Å². The van der Waals surface area contributed by atoms with Crippen molar-refractivity contribution in [2.75, 3.05) is 0 Å². The van der Waals surface area contributed by atoms with Crippen LogP contribution in [0.3, 0.4) is 0 Å². The maximum absolute atomic E-state index is 12.6. The molecule has 2 aromatic rings. The van der Waals surface area contributed by atoms with Gasteiger partial charge in [-0.25, -0.2) is 0 Å². The minimum Gasteiger partial charge on any atom is -0.316 e. The fourth-order valence-electron chi connectivity index (χ4n) is 1.79. The number of nitrogens with two attached hydrogens (primary N) is 1. The Kier molecular flexibility index (Phi) is 2.97. The molecule has 18 heavy (non-hydrogen) atoms. The Hall–Kier alpha value is -2.06. The molecule has 0 bridgehead atoms. The van der Waals surface area contributed by atoms with Crippen molar-refractivity contribution in [3.05, 3.63) is 47.5 Å². The second-order valence-corrected chi connectivity index (χ2v) is 3.92. The zero-order valence-electron chi connectivity index (χ0n) is 9.20. The van der Waals surface area contributed by atoms with Crippen LogP contribution in [0.4, 0.5) is 13.2 Å². The second kappa shape index (κ2) is 4.31. The van der Waals surface area contributed by atoms with Crippen LogP contribution in [0.2, 0.25) is 0 Å². The summed E-state index contributed by atoms with van der Waals surface area (Å²) in [6.45, 7) is 0. The average Bonchev–Trinajstić information content (AvgIpc) is 2.35. The van der Waals surface area contributed by atoms with E-state index in [9.17, 15) is 13.2 Å². The van der Waals surface area contributed by atoms with Crippen molar-refractivity contribution in [2.24, 2.45) is 5.73 Å². The quantitative estimate of drug-likeness (QED) is 0.844. The van der Waals surface area contributed by atoms with Gasteiger partial charge in [0.1, 0.15) is 6.04 Å². The average molecular weight is 250 g/mol. The van der Waals surface area contributed by atoms with E-state index in [2.05, 4.69) is 0 Å². The molecule has 0 unspecified atom stereocenters. The predicted octanol–water partition coefficient (Wildman–Crippen LogP) is 3.27. The number of nitriles is 1. The molecule has 1 atom stereocenters. The van der Waals surface area contributed by atoms with Crippen LogP contribution in [0.25, 0.3) is 10.8 Å². The summed E-state index contributed by atoms with van der Waals surface area (Å²) in [6, 6.07) is 9.27. The molecule has 0 aliphatic heterocycles. The summed E-state index contributed by atoms with van der Waals surface area (Å²) < 4.78 is 37.9. The Morgan fingerprint density at radius 3 is 2.17 bits per heavy atom. The van der Waals surface area contributed by atoms with Gasteiger partial charge < -0.3 is 5.73 Å². The summed E-state index contributed by atoms with van der Waals surface area (Å²) in [4.78, 5) is 0. The number of hydrogen-bond donors (Lipinski definition) is 1. The first-order valence-electron chi connectivity index (χ1n) is 5.18. The molecule has 0 radical (unpaired) electrons. The van der Waals surface area contributed by atoms with Crippen LogP contribution in [0.15, 0.2) is 36.4 Å². The first-order valence-corrected chi connectivity index (χ1v) is 5.18. The monoisotopic (exact) mass is 250 g/mol. The third-order valence-corrected chi connectivity index (χ3v) is 2.73. The SMILES string of the molecule is N#Cc1cc2ccccc2cc1[C@H](N)C(F)(F)F. The molecule has 0 amide bonds. The molecule has 0 aromatic heterocycles. The van der Waals surface area contributed by atoms with Crippen LogP contribution in [0.1, 0.15) is 17.2 Å². The maximum atomic E-state index is 12.6. The number of alkyl halides is 3. The topological polar surface area (TPSA) is 49.8 Å². The van der Waals surface area contributed by atoms with E-state index in [0.29, 0.717) is 10.8 Å². The Labute approximate surface area is 101 Å². The normalized spacial score (nSPS) is 13.3. The van der Waals surface area contributed by atoms with Crippen molar-refractivity contribution in [2.45, 2.75) is 12.2 Å². The van der Waals surface area contributed by atoms with Crippen molar-refractivity contribution in [1.82, 2.24) is 0 Å². The lowest BCUT2D eigenvalue weighted by Gasteiger charge is -2.17. The van der Waals surface area contributed by atoms with Crippen molar-refractivity contribution in [3.8, 4) is 6.07 Å². The Bertz CT molecular complexity index is 626.